The number of benzene rings is 1. The molecule has 4 nitrogen and oxygen atoms in total. The van der Waals surface area contributed by atoms with E-state index in [1.807, 2.05) is 23.9 Å². The van der Waals surface area contributed by atoms with Crippen molar-refractivity contribution >= 4 is 23.4 Å². The van der Waals surface area contributed by atoms with Crippen LogP contribution in [0, 0.1) is 5.82 Å². The molecule has 3 rings (SSSR count). The summed E-state index contributed by atoms with van der Waals surface area (Å²) in [4.78, 5) is 8.98. The Morgan fingerprint density at radius 1 is 1.23 bits per heavy atom. The molecule has 1 aromatic rings. The molecule has 0 radical (unpaired) electrons. The summed E-state index contributed by atoms with van der Waals surface area (Å²) >= 11 is 2.01. The Hall–Kier alpha value is -1.43. The molecule has 0 saturated carbocycles. The minimum Gasteiger partial charge on any atom is -0.370 e. The van der Waals surface area contributed by atoms with Gasteiger partial charge in [0.05, 0.1) is 6.54 Å². The van der Waals surface area contributed by atoms with Crippen LogP contribution in [-0.4, -0.2) is 54.6 Å². The van der Waals surface area contributed by atoms with Gasteiger partial charge in [0.1, 0.15) is 5.82 Å². The predicted molar refractivity (Wildman–Crippen MR) is 92.2 cm³/mol. The van der Waals surface area contributed by atoms with Crippen LogP contribution in [-0.2, 0) is 0 Å². The third-order valence-corrected chi connectivity index (χ3v) is 5.66. The Balaban J connectivity index is 1.50. The zero-order valence-corrected chi connectivity index (χ0v) is 13.6. The molecule has 2 N–H and O–H groups in total. The van der Waals surface area contributed by atoms with Crippen molar-refractivity contribution in [2.24, 2.45) is 10.7 Å². The minimum absolute atomic E-state index is 0.191. The summed E-state index contributed by atoms with van der Waals surface area (Å²) in [5, 5.41) is 0.652. The molecule has 1 aromatic carbocycles. The number of hydrogen-bond acceptors (Lipinski definition) is 3. The van der Waals surface area contributed by atoms with Crippen molar-refractivity contribution in [3.05, 3.63) is 30.1 Å². The van der Waals surface area contributed by atoms with E-state index < -0.39 is 0 Å². The maximum atomic E-state index is 13.0. The number of thioether (sulfide) groups is 1. The summed E-state index contributed by atoms with van der Waals surface area (Å²) in [6.45, 7) is 4.35. The standard InChI is InChI=1S/C16H23FN4S/c17-13-3-5-14(6-4-13)20-7-9-21(10-8-20)16(18)19-12-15-2-1-11-22-15/h3-6,15H,1-2,7-12H2,(H2,18,19). The number of aliphatic imine (C=N–C) groups is 1. The maximum absolute atomic E-state index is 13.0. The third kappa shape index (κ3) is 3.85. The van der Waals surface area contributed by atoms with Crippen LogP contribution in [0.15, 0.2) is 29.3 Å². The highest BCUT2D eigenvalue weighted by molar-refractivity contribution is 8.00. The number of hydrogen-bond donors (Lipinski definition) is 1. The van der Waals surface area contributed by atoms with Crippen molar-refractivity contribution in [2.45, 2.75) is 18.1 Å². The first-order valence-corrected chi connectivity index (χ1v) is 8.94. The zero-order valence-electron chi connectivity index (χ0n) is 12.7. The number of halogens is 1. The van der Waals surface area contributed by atoms with Crippen LogP contribution in [0.4, 0.5) is 10.1 Å². The molecule has 0 aromatic heterocycles. The van der Waals surface area contributed by atoms with Crippen LogP contribution in [0.2, 0.25) is 0 Å². The molecule has 120 valence electrons. The van der Waals surface area contributed by atoms with Gasteiger partial charge in [-0.2, -0.15) is 11.8 Å². The van der Waals surface area contributed by atoms with Crippen LogP contribution in [0.25, 0.3) is 0 Å². The minimum atomic E-state index is -0.191. The quantitative estimate of drug-likeness (QED) is 0.684. The van der Waals surface area contributed by atoms with Gasteiger partial charge in [-0.1, -0.05) is 0 Å². The highest BCUT2D eigenvalue weighted by Crippen LogP contribution is 2.26. The predicted octanol–water partition coefficient (Wildman–Crippen LogP) is 2.16. The van der Waals surface area contributed by atoms with Gasteiger partial charge in [-0.15, -0.1) is 0 Å². The first-order valence-electron chi connectivity index (χ1n) is 7.89. The molecule has 0 bridgehead atoms. The smallest absolute Gasteiger partial charge is 0.191 e. The molecule has 0 amide bonds. The van der Waals surface area contributed by atoms with Crippen molar-refractivity contribution < 1.29 is 4.39 Å². The van der Waals surface area contributed by atoms with Crippen molar-refractivity contribution in [3.8, 4) is 0 Å². The van der Waals surface area contributed by atoms with Crippen molar-refractivity contribution in [1.29, 1.82) is 0 Å². The van der Waals surface area contributed by atoms with E-state index in [9.17, 15) is 4.39 Å². The van der Waals surface area contributed by atoms with Gasteiger partial charge in [0.15, 0.2) is 5.96 Å². The van der Waals surface area contributed by atoms with Crippen LogP contribution >= 0.6 is 11.8 Å². The second kappa shape index (κ2) is 7.22. The molecular weight excluding hydrogens is 299 g/mol. The highest BCUT2D eigenvalue weighted by Gasteiger charge is 2.20. The van der Waals surface area contributed by atoms with E-state index in [0.29, 0.717) is 11.2 Å². The summed E-state index contributed by atoms with van der Waals surface area (Å²) < 4.78 is 13.0. The van der Waals surface area contributed by atoms with E-state index in [-0.39, 0.29) is 5.82 Å². The van der Waals surface area contributed by atoms with Crippen LogP contribution in [0.3, 0.4) is 0 Å². The lowest BCUT2D eigenvalue weighted by Gasteiger charge is -2.36. The highest BCUT2D eigenvalue weighted by atomic mass is 32.2. The number of anilines is 1. The number of piperazine rings is 1. The van der Waals surface area contributed by atoms with Gasteiger partial charge in [0, 0.05) is 37.1 Å². The van der Waals surface area contributed by atoms with Crippen LogP contribution in [0.5, 0.6) is 0 Å². The zero-order chi connectivity index (χ0) is 15.4. The van der Waals surface area contributed by atoms with Gasteiger partial charge in [-0.25, -0.2) is 4.39 Å². The van der Waals surface area contributed by atoms with E-state index in [1.54, 1.807) is 0 Å². The summed E-state index contributed by atoms with van der Waals surface area (Å²) in [7, 11) is 0. The fourth-order valence-corrected chi connectivity index (χ4v) is 4.11. The summed E-state index contributed by atoms with van der Waals surface area (Å²) in [5.74, 6) is 1.74. The Morgan fingerprint density at radius 2 is 1.95 bits per heavy atom. The largest absolute Gasteiger partial charge is 0.370 e. The average Bonchev–Trinajstić information content (AvgIpc) is 3.07. The second-order valence-electron chi connectivity index (χ2n) is 5.78. The molecule has 0 spiro atoms. The van der Waals surface area contributed by atoms with E-state index >= 15 is 0 Å². The van der Waals surface area contributed by atoms with Gasteiger partial charge in [-0.3, -0.25) is 4.99 Å². The van der Waals surface area contributed by atoms with Crippen LogP contribution < -0.4 is 10.6 Å². The van der Waals surface area contributed by atoms with E-state index in [2.05, 4.69) is 14.8 Å². The van der Waals surface area contributed by atoms with Gasteiger partial charge in [0.2, 0.25) is 0 Å². The third-order valence-electron chi connectivity index (χ3n) is 4.28. The number of guanidine groups is 1. The van der Waals surface area contributed by atoms with Gasteiger partial charge in [-0.05, 0) is 42.9 Å². The van der Waals surface area contributed by atoms with Crippen molar-refractivity contribution in [2.75, 3.05) is 43.4 Å². The SMILES string of the molecule is NC(=NCC1CCCS1)N1CCN(c2ccc(F)cc2)CC1. The first-order chi connectivity index (χ1) is 10.7. The fraction of sp³-hybridized carbons (Fsp3) is 0.562. The molecule has 1 atom stereocenters. The van der Waals surface area contributed by atoms with E-state index in [0.717, 1.165) is 38.4 Å². The molecule has 2 fully saturated rings. The molecule has 6 heteroatoms. The summed E-state index contributed by atoms with van der Waals surface area (Å²) in [6.07, 6.45) is 2.57. The Labute approximate surface area is 135 Å². The van der Waals surface area contributed by atoms with Gasteiger partial charge < -0.3 is 15.5 Å². The normalized spacial score (nSPS) is 23.1. The van der Waals surface area contributed by atoms with Crippen molar-refractivity contribution in [1.82, 2.24) is 4.90 Å². The van der Waals surface area contributed by atoms with Crippen LogP contribution in [0.1, 0.15) is 12.8 Å². The lowest BCUT2D eigenvalue weighted by Crippen LogP contribution is -2.51. The molecule has 1 unspecified atom stereocenters. The number of nitrogens with two attached hydrogens (primary N) is 1. The molecule has 0 aliphatic carbocycles. The molecule has 2 heterocycles. The summed E-state index contributed by atoms with van der Waals surface area (Å²) in [5.41, 5.74) is 7.20. The fourth-order valence-electron chi connectivity index (χ4n) is 2.93. The Bertz CT molecular complexity index is 505. The Morgan fingerprint density at radius 3 is 2.59 bits per heavy atom. The Kier molecular flexibility index (Phi) is 5.08. The number of rotatable bonds is 3. The van der Waals surface area contributed by atoms with Crippen molar-refractivity contribution in [3.63, 3.8) is 0 Å². The molecule has 2 aliphatic rings. The molecule has 2 saturated heterocycles. The lowest BCUT2D eigenvalue weighted by molar-refractivity contribution is 0.380. The van der Waals surface area contributed by atoms with Gasteiger partial charge >= 0.3 is 0 Å². The first kappa shape index (κ1) is 15.5. The maximum Gasteiger partial charge on any atom is 0.191 e. The number of nitrogens with zero attached hydrogens (tertiary/aromatic N) is 3. The average molecular weight is 322 g/mol. The molecular formula is C16H23FN4S. The topological polar surface area (TPSA) is 44.9 Å². The monoisotopic (exact) mass is 322 g/mol. The summed E-state index contributed by atoms with van der Waals surface area (Å²) in [6, 6.07) is 6.69. The van der Waals surface area contributed by atoms with E-state index in [1.165, 1.54) is 30.7 Å². The second-order valence-corrected chi connectivity index (χ2v) is 7.19. The molecule has 22 heavy (non-hydrogen) atoms. The lowest BCUT2D eigenvalue weighted by atomic mass is 10.2. The van der Waals surface area contributed by atoms with E-state index in [4.69, 9.17) is 5.73 Å². The molecule has 2 aliphatic heterocycles. The van der Waals surface area contributed by atoms with Gasteiger partial charge in [0.25, 0.3) is 0 Å².